The van der Waals surface area contributed by atoms with Gasteiger partial charge in [0, 0.05) is 12.6 Å². The number of nitrogens with two attached hydrogens (primary N) is 1. The predicted molar refractivity (Wildman–Crippen MR) is 71.1 cm³/mol. The zero-order chi connectivity index (χ0) is 12.3. The van der Waals surface area contributed by atoms with Gasteiger partial charge in [0.15, 0.2) is 0 Å². The fourth-order valence-electron chi connectivity index (χ4n) is 2.56. The average Bonchev–Trinajstić information content (AvgIpc) is 2.30. The SMILES string of the molecule is Cc1cccc(CC(N)C2(C)CCCCO2)c1. The van der Waals surface area contributed by atoms with Crippen molar-refractivity contribution in [3.63, 3.8) is 0 Å². The fraction of sp³-hybridized carbons (Fsp3) is 0.600. The Labute approximate surface area is 104 Å². The number of hydrogen-bond donors (Lipinski definition) is 1. The van der Waals surface area contributed by atoms with Crippen molar-refractivity contribution in [1.29, 1.82) is 0 Å². The van der Waals surface area contributed by atoms with E-state index in [1.807, 2.05) is 0 Å². The molecule has 2 N–H and O–H groups in total. The first-order chi connectivity index (χ1) is 8.10. The summed E-state index contributed by atoms with van der Waals surface area (Å²) in [5.41, 5.74) is 8.81. The van der Waals surface area contributed by atoms with Gasteiger partial charge >= 0.3 is 0 Å². The van der Waals surface area contributed by atoms with Crippen LogP contribution in [0.15, 0.2) is 24.3 Å². The van der Waals surface area contributed by atoms with E-state index in [2.05, 4.69) is 38.1 Å². The van der Waals surface area contributed by atoms with E-state index in [0.717, 1.165) is 19.4 Å². The Morgan fingerprint density at radius 1 is 1.41 bits per heavy atom. The lowest BCUT2D eigenvalue weighted by Gasteiger charge is -2.39. The van der Waals surface area contributed by atoms with E-state index in [0.29, 0.717) is 0 Å². The Balaban J connectivity index is 2.02. The Morgan fingerprint density at radius 2 is 2.24 bits per heavy atom. The maximum absolute atomic E-state index is 6.34. The fourth-order valence-corrected chi connectivity index (χ4v) is 2.56. The zero-order valence-electron chi connectivity index (χ0n) is 10.9. The molecule has 1 aromatic rings. The van der Waals surface area contributed by atoms with E-state index in [-0.39, 0.29) is 11.6 Å². The van der Waals surface area contributed by atoms with Crippen LogP contribution in [-0.4, -0.2) is 18.2 Å². The van der Waals surface area contributed by atoms with Crippen molar-refractivity contribution >= 4 is 0 Å². The predicted octanol–water partition coefficient (Wildman–Crippen LogP) is 2.82. The van der Waals surface area contributed by atoms with E-state index in [1.165, 1.54) is 24.0 Å². The van der Waals surface area contributed by atoms with Crippen LogP contribution >= 0.6 is 0 Å². The van der Waals surface area contributed by atoms with E-state index in [4.69, 9.17) is 10.5 Å². The summed E-state index contributed by atoms with van der Waals surface area (Å²) in [6, 6.07) is 8.67. The summed E-state index contributed by atoms with van der Waals surface area (Å²) in [7, 11) is 0. The summed E-state index contributed by atoms with van der Waals surface area (Å²) in [6.07, 6.45) is 4.39. The van der Waals surface area contributed by atoms with E-state index in [1.54, 1.807) is 0 Å². The third-order valence-corrected chi connectivity index (χ3v) is 3.82. The van der Waals surface area contributed by atoms with E-state index in [9.17, 15) is 0 Å². The Bertz CT molecular complexity index is 369. The Kier molecular flexibility index (Phi) is 3.85. The van der Waals surface area contributed by atoms with E-state index >= 15 is 0 Å². The van der Waals surface area contributed by atoms with Crippen LogP contribution < -0.4 is 5.73 Å². The highest BCUT2D eigenvalue weighted by atomic mass is 16.5. The van der Waals surface area contributed by atoms with Gasteiger partial charge in [0.1, 0.15) is 0 Å². The molecule has 0 radical (unpaired) electrons. The molecule has 0 saturated carbocycles. The molecule has 1 aliphatic rings. The summed E-state index contributed by atoms with van der Waals surface area (Å²) in [5.74, 6) is 0. The molecule has 1 saturated heterocycles. The van der Waals surface area contributed by atoms with Crippen LogP contribution in [0.1, 0.15) is 37.3 Å². The number of hydrogen-bond acceptors (Lipinski definition) is 2. The van der Waals surface area contributed by atoms with Gasteiger partial charge in [-0.25, -0.2) is 0 Å². The van der Waals surface area contributed by atoms with E-state index < -0.39 is 0 Å². The molecule has 0 spiro atoms. The standard InChI is InChI=1S/C15H23NO/c1-12-6-5-7-13(10-12)11-14(16)15(2)8-3-4-9-17-15/h5-7,10,14H,3-4,8-9,11,16H2,1-2H3. The quantitative estimate of drug-likeness (QED) is 0.871. The molecule has 1 heterocycles. The maximum atomic E-state index is 6.34. The molecular formula is C15H23NO. The van der Waals surface area contributed by atoms with Crippen molar-refractivity contribution in [3.8, 4) is 0 Å². The number of aryl methyl sites for hydroxylation is 1. The molecule has 1 fully saturated rings. The summed E-state index contributed by atoms with van der Waals surface area (Å²) >= 11 is 0. The molecular weight excluding hydrogens is 210 g/mol. The van der Waals surface area contributed by atoms with Crippen LogP contribution in [-0.2, 0) is 11.2 Å². The normalized spacial score (nSPS) is 26.8. The molecule has 1 aromatic carbocycles. The molecule has 2 nitrogen and oxygen atoms in total. The van der Waals surface area contributed by atoms with Crippen molar-refractivity contribution in [2.75, 3.05) is 6.61 Å². The van der Waals surface area contributed by atoms with Crippen LogP contribution in [0.2, 0.25) is 0 Å². The highest BCUT2D eigenvalue weighted by molar-refractivity contribution is 5.23. The second kappa shape index (κ2) is 5.19. The smallest absolute Gasteiger partial charge is 0.0807 e. The van der Waals surface area contributed by atoms with Gasteiger partial charge in [-0.1, -0.05) is 29.8 Å². The molecule has 2 unspecified atom stereocenters. The third-order valence-electron chi connectivity index (χ3n) is 3.82. The largest absolute Gasteiger partial charge is 0.374 e. The second-order valence-corrected chi connectivity index (χ2v) is 5.42. The number of benzene rings is 1. The van der Waals surface area contributed by atoms with Crippen molar-refractivity contribution in [2.45, 2.75) is 51.2 Å². The molecule has 0 amide bonds. The van der Waals surface area contributed by atoms with Crippen LogP contribution in [0.25, 0.3) is 0 Å². The maximum Gasteiger partial charge on any atom is 0.0807 e. The molecule has 2 atom stereocenters. The van der Waals surface area contributed by atoms with Crippen LogP contribution in [0, 0.1) is 6.92 Å². The van der Waals surface area contributed by atoms with Crippen molar-refractivity contribution in [2.24, 2.45) is 5.73 Å². The molecule has 0 aromatic heterocycles. The highest BCUT2D eigenvalue weighted by Crippen LogP contribution is 2.28. The molecule has 1 aliphatic heterocycles. The summed E-state index contributed by atoms with van der Waals surface area (Å²) < 4.78 is 5.90. The van der Waals surface area contributed by atoms with Gasteiger partial charge in [-0.05, 0) is 45.1 Å². The van der Waals surface area contributed by atoms with Crippen LogP contribution in [0.3, 0.4) is 0 Å². The van der Waals surface area contributed by atoms with Gasteiger partial charge in [0.2, 0.25) is 0 Å². The molecule has 2 heteroatoms. The number of rotatable bonds is 3. The molecule has 94 valence electrons. The molecule has 2 rings (SSSR count). The average molecular weight is 233 g/mol. The lowest BCUT2D eigenvalue weighted by atomic mass is 9.85. The highest BCUT2D eigenvalue weighted by Gasteiger charge is 2.34. The minimum absolute atomic E-state index is 0.0876. The first kappa shape index (κ1) is 12.6. The first-order valence-corrected chi connectivity index (χ1v) is 6.55. The first-order valence-electron chi connectivity index (χ1n) is 6.55. The lowest BCUT2D eigenvalue weighted by Crippen LogP contribution is -2.50. The van der Waals surface area contributed by atoms with Gasteiger partial charge < -0.3 is 10.5 Å². The van der Waals surface area contributed by atoms with Crippen molar-refractivity contribution in [3.05, 3.63) is 35.4 Å². The molecule has 17 heavy (non-hydrogen) atoms. The Morgan fingerprint density at radius 3 is 2.88 bits per heavy atom. The zero-order valence-corrected chi connectivity index (χ0v) is 10.9. The minimum Gasteiger partial charge on any atom is -0.374 e. The monoisotopic (exact) mass is 233 g/mol. The van der Waals surface area contributed by atoms with Gasteiger partial charge in [-0.2, -0.15) is 0 Å². The molecule has 0 bridgehead atoms. The summed E-state index contributed by atoms with van der Waals surface area (Å²) in [5, 5.41) is 0. The van der Waals surface area contributed by atoms with Crippen molar-refractivity contribution in [1.82, 2.24) is 0 Å². The summed E-state index contributed by atoms with van der Waals surface area (Å²) in [4.78, 5) is 0. The van der Waals surface area contributed by atoms with Crippen LogP contribution in [0.4, 0.5) is 0 Å². The number of ether oxygens (including phenoxy) is 1. The van der Waals surface area contributed by atoms with Gasteiger partial charge in [-0.3, -0.25) is 0 Å². The Hall–Kier alpha value is -0.860. The van der Waals surface area contributed by atoms with Crippen LogP contribution in [0.5, 0.6) is 0 Å². The molecule has 0 aliphatic carbocycles. The minimum atomic E-state index is -0.137. The van der Waals surface area contributed by atoms with Gasteiger partial charge in [0.25, 0.3) is 0 Å². The lowest BCUT2D eigenvalue weighted by molar-refractivity contribution is -0.0808. The third kappa shape index (κ3) is 3.08. The summed E-state index contributed by atoms with van der Waals surface area (Å²) in [6.45, 7) is 5.14. The van der Waals surface area contributed by atoms with Gasteiger partial charge in [0.05, 0.1) is 5.60 Å². The van der Waals surface area contributed by atoms with Crippen molar-refractivity contribution < 1.29 is 4.74 Å². The second-order valence-electron chi connectivity index (χ2n) is 5.42. The van der Waals surface area contributed by atoms with Gasteiger partial charge in [-0.15, -0.1) is 0 Å². The topological polar surface area (TPSA) is 35.2 Å².